The summed E-state index contributed by atoms with van der Waals surface area (Å²) in [5, 5.41) is 2.75. The Kier molecular flexibility index (Phi) is 6.13. The van der Waals surface area contributed by atoms with Gasteiger partial charge in [-0.25, -0.2) is 8.42 Å². The maximum absolute atomic E-state index is 12.6. The topological polar surface area (TPSA) is 88.9 Å². The summed E-state index contributed by atoms with van der Waals surface area (Å²) in [5.74, 6) is -0.275. The molecule has 9 heteroatoms. The third kappa shape index (κ3) is 4.73. The lowest BCUT2D eigenvalue weighted by Crippen LogP contribution is -2.41. The largest absolute Gasteiger partial charge is 0.444 e. The third-order valence-electron chi connectivity index (χ3n) is 4.06. The molecule has 0 atom stereocenters. The number of amides is 1. The van der Waals surface area contributed by atoms with Crippen LogP contribution in [0.1, 0.15) is 21.7 Å². The number of nitrogens with zero attached hydrogens (tertiary/aromatic N) is 1. The molecular weight excluding hydrogens is 424 g/mol. The number of hydrogen-bond acceptors (Lipinski definition) is 5. The highest BCUT2D eigenvalue weighted by molar-refractivity contribution is 9.10. The van der Waals surface area contributed by atoms with Crippen LogP contribution >= 0.6 is 15.9 Å². The first kappa shape index (κ1) is 19.1. The molecule has 1 amide bonds. The number of sulfonamides is 1. The summed E-state index contributed by atoms with van der Waals surface area (Å²) in [7, 11) is -3.43. The Morgan fingerprint density at radius 3 is 2.46 bits per heavy atom. The standard InChI is InChI=1S/C17H19BrN2O5S/c18-16-6-5-15(25-16)17(21)19-11-13-3-1-2-4-14(13)12-26(22,23)20-7-9-24-10-8-20/h1-6H,7-12H2,(H,19,21). The second kappa shape index (κ2) is 8.34. The second-order valence-electron chi connectivity index (χ2n) is 5.82. The Hall–Kier alpha value is -1.68. The molecule has 1 aromatic carbocycles. The van der Waals surface area contributed by atoms with Gasteiger partial charge in [0.05, 0.1) is 19.0 Å². The molecule has 1 aliphatic rings. The first-order valence-corrected chi connectivity index (χ1v) is 10.5. The van der Waals surface area contributed by atoms with Crippen LogP contribution in [0.3, 0.4) is 0 Å². The van der Waals surface area contributed by atoms with Crippen LogP contribution in [0, 0.1) is 0 Å². The van der Waals surface area contributed by atoms with Crippen molar-refractivity contribution in [2.24, 2.45) is 0 Å². The lowest BCUT2D eigenvalue weighted by molar-refractivity contribution is 0.0729. The molecule has 2 heterocycles. The molecule has 1 saturated heterocycles. The summed E-state index contributed by atoms with van der Waals surface area (Å²) >= 11 is 3.15. The van der Waals surface area contributed by atoms with Gasteiger partial charge in [-0.05, 0) is 39.2 Å². The summed E-state index contributed by atoms with van der Waals surface area (Å²) in [5.41, 5.74) is 1.42. The number of nitrogens with one attached hydrogen (secondary N) is 1. The molecular formula is C17H19BrN2O5S. The van der Waals surface area contributed by atoms with Gasteiger partial charge < -0.3 is 14.5 Å². The van der Waals surface area contributed by atoms with Gasteiger partial charge in [-0.2, -0.15) is 4.31 Å². The van der Waals surface area contributed by atoms with E-state index < -0.39 is 10.0 Å². The zero-order chi connectivity index (χ0) is 18.6. The minimum atomic E-state index is -3.43. The van der Waals surface area contributed by atoms with E-state index in [-0.39, 0.29) is 24.0 Å². The molecule has 0 aliphatic carbocycles. The predicted molar refractivity (Wildman–Crippen MR) is 99.0 cm³/mol. The Balaban J connectivity index is 1.68. The fourth-order valence-electron chi connectivity index (χ4n) is 2.68. The summed E-state index contributed by atoms with van der Waals surface area (Å²) < 4.78 is 37.6. The number of hydrogen-bond donors (Lipinski definition) is 1. The SMILES string of the molecule is O=C(NCc1ccccc1CS(=O)(=O)N1CCOCC1)c1ccc(Br)o1. The highest BCUT2D eigenvalue weighted by Gasteiger charge is 2.25. The minimum Gasteiger partial charge on any atom is -0.444 e. The zero-order valence-electron chi connectivity index (χ0n) is 14.0. The Morgan fingerprint density at radius 2 is 1.81 bits per heavy atom. The van der Waals surface area contributed by atoms with Crippen molar-refractivity contribution in [3.63, 3.8) is 0 Å². The van der Waals surface area contributed by atoms with Crippen molar-refractivity contribution < 1.29 is 22.4 Å². The van der Waals surface area contributed by atoms with Crippen molar-refractivity contribution in [3.8, 4) is 0 Å². The molecule has 1 aromatic heterocycles. The van der Waals surface area contributed by atoms with Crippen molar-refractivity contribution in [1.82, 2.24) is 9.62 Å². The normalized spacial score (nSPS) is 15.7. The predicted octanol–water partition coefficient (Wildman–Crippen LogP) is 2.13. The summed E-state index contributed by atoms with van der Waals surface area (Å²) in [4.78, 5) is 12.1. The van der Waals surface area contributed by atoms with E-state index in [9.17, 15) is 13.2 Å². The van der Waals surface area contributed by atoms with Crippen LogP contribution in [0.15, 0.2) is 45.5 Å². The monoisotopic (exact) mass is 442 g/mol. The second-order valence-corrected chi connectivity index (χ2v) is 8.57. The molecule has 2 aromatic rings. The van der Waals surface area contributed by atoms with Gasteiger partial charge in [-0.1, -0.05) is 24.3 Å². The van der Waals surface area contributed by atoms with E-state index in [4.69, 9.17) is 9.15 Å². The van der Waals surface area contributed by atoms with Crippen LogP contribution in [0.5, 0.6) is 0 Å². The molecule has 26 heavy (non-hydrogen) atoms. The first-order chi connectivity index (χ1) is 12.5. The Labute approximate surface area is 160 Å². The lowest BCUT2D eigenvalue weighted by atomic mass is 10.1. The fourth-order valence-corrected chi connectivity index (χ4v) is 4.55. The van der Waals surface area contributed by atoms with Crippen LogP contribution in [0.4, 0.5) is 0 Å². The van der Waals surface area contributed by atoms with Crippen LogP contribution in [0.2, 0.25) is 0 Å². The van der Waals surface area contributed by atoms with E-state index in [2.05, 4.69) is 21.2 Å². The van der Waals surface area contributed by atoms with E-state index in [1.807, 2.05) is 12.1 Å². The Bertz CT molecular complexity index is 875. The van der Waals surface area contributed by atoms with E-state index in [1.165, 1.54) is 4.31 Å². The number of benzene rings is 1. The summed E-state index contributed by atoms with van der Waals surface area (Å²) in [6.45, 7) is 1.78. The van der Waals surface area contributed by atoms with Gasteiger partial charge in [0.2, 0.25) is 10.0 Å². The Morgan fingerprint density at radius 1 is 1.12 bits per heavy atom. The number of morpholine rings is 1. The number of carbonyl (C=O) groups excluding carboxylic acids is 1. The van der Waals surface area contributed by atoms with Crippen LogP contribution < -0.4 is 5.32 Å². The molecule has 0 unspecified atom stereocenters. The van der Waals surface area contributed by atoms with E-state index >= 15 is 0 Å². The number of carbonyl (C=O) groups is 1. The van der Waals surface area contributed by atoms with E-state index in [1.54, 1.807) is 24.3 Å². The third-order valence-corrected chi connectivity index (χ3v) is 6.31. The maximum Gasteiger partial charge on any atom is 0.287 e. The molecule has 0 saturated carbocycles. The van der Waals surface area contributed by atoms with E-state index in [0.29, 0.717) is 36.5 Å². The van der Waals surface area contributed by atoms with Gasteiger partial charge in [-0.3, -0.25) is 4.79 Å². The zero-order valence-corrected chi connectivity index (χ0v) is 16.4. The minimum absolute atomic E-state index is 0.106. The van der Waals surface area contributed by atoms with Crippen molar-refractivity contribution in [2.75, 3.05) is 26.3 Å². The molecule has 7 nitrogen and oxygen atoms in total. The van der Waals surface area contributed by atoms with Gasteiger partial charge in [0.1, 0.15) is 0 Å². The number of rotatable bonds is 6. The summed E-state index contributed by atoms with van der Waals surface area (Å²) in [6, 6.07) is 10.4. The van der Waals surface area contributed by atoms with Gasteiger partial charge in [0.25, 0.3) is 5.91 Å². The molecule has 0 bridgehead atoms. The highest BCUT2D eigenvalue weighted by atomic mass is 79.9. The molecule has 0 spiro atoms. The number of ether oxygens (including phenoxy) is 1. The lowest BCUT2D eigenvalue weighted by Gasteiger charge is -2.26. The van der Waals surface area contributed by atoms with Crippen molar-refractivity contribution >= 4 is 31.9 Å². The van der Waals surface area contributed by atoms with Crippen molar-refractivity contribution in [3.05, 3.63) is 58.0 Å². The van der Waals surface area contributed by atoms with Crippen molar-refractivity contribution in [1.29, 1.82) is 0 Å². The summed E-state index contributed by atoms with van der Waals surface area (Å²) in [6.07, 6.45) is 0. The van der Waals surface area contributed by atoms with Gasteiger partial charge in [0, 0.05) is 19.6 Å². The van der Waals surface area contributed by atoms with E-state index in [0.717, 1.165) is 5.56 Å². The van der Waals surface area contributed by atoms with Crippen molar-refractivity contribution in [2.45, 2.75) is 12.3 Å². The molecule has 0 radical (unpaired) electrons. The van der Waals surface area contributed by atoms with Crippen LogP contribution in [0.25, 0.3) is 0 Å². The average molecular weight is 443 g/mol. The smallest absolute Gasteiger partial charge is 0.287 e. The molecule has 1 N–H and O–H groups in total. The highest BCUT2D eigenvalue weighted by Crippen LogP contribution is 2.17. The van der Waals surface area contributed by atoms with Crippen LogP contribution in [-0.4, -0.2) is 44.9 Å². The molecule has 140 valence electrons. The van der Waals surface area contributed by atoms with Gasteiger partial charge in [0.15, 0.2) is 10.4 Å². The molecule has 1 aliphatic heterocycles. The first-order valence-electron chi connectivity index (χ1n) is 8.11. The average Bonchev–Trinajstić information content (AvgIpc) is 3.08. The van der Waals surface area contributed by atoms with Gasteiger partial charge >= 0.3 is 0 Å². The molecule has 1 fully saturated rings. The number of furan rings is 1. The quantitative estimate of drug-likeness (QED) is 0.739. The fraction of sp³-hybridized carbons (Fsp3) is 0.353. The number of halogens is 1. The van der Waals surface area contributed by atoms with Gasteiger partial charge in [-0.15, -0.1) is 0 Å². The van der Waals surface area contributed by atoms with Crippen LogP contribution in [-0.2, 0) is 27.1 Å². The molecule has 3 rings (SSSR count). The maximum atomic E-state index is 12.6.